The fraction of sp³-hybridized carbons (Fsp3) is 0. The van der Waals surface area contributed by atoms with Gasteiger partial charge in [-0.3, -0.25) is 4.98 Å². The van der Waals surface area contributed by atoms with Crippen molar-refractivity contribution in [3.05, 3.63) is 54.2 Å². The highest BCUT2D eigenvalue weighted by Crippen LogP contribution is 2.15. The molecule has 0 spiro atoms. The summed E-state index contributed by atoms with van der Waals surface area (Å²) in [6.45, 7) is 0. The van der Waals surface area contributed by atoms with Crippen LogP contribution in [0.15, 0.2) is 47.2 Å². The Balaban J connectivity index is 2.38. The van der Waals surface area contributed by atoms with E-state index in [0.29, 0.717) is 17.0 Å². The molecule has 0 aliphatic rings. The molecule has 72 valence electrons. The largest absolute Gasteiger partial charge is 0.465 e. The molecule has 0 saturated carbocycles. The van der Waals surface area contributed by atoms with Gasteiger partial charge < -0.3 is 4.42 Å². The minimum absolute atomic E-state index is 0.491. The van der Waals surface area contributed by atoms with Crippen molar-refractivity contribution in [2.75, 3.05) is 0 Å². The van der Waals surface area contributed by atoms with E-state index >= 15 is 0 Å². The average molecular weight is 196 g/mol. The highest BCUT2D eigenvalue weighted by Gasteiger charge is 2.02. The highest BCUT2D eigenvalue weighted by atomic mass is 16.3. The molecule has 3 heteroatoms. The van der Waals surface area contributed by atoms with E-state index in [4.69, 9.17) is 9.68 Å². The minimum atomic E-state index is 0.491. The third-order valence-electron chi connectivity index (χ3n) is 1.89. The SMILES string of the molecule is N#C/C(=C\c1ccco1)c1ccccn1. The van der Waals surface area contributed by atoms with E-state index in [1.165, 1.54) is 0 Å². The predicted octanol–water partition coefficient (Wildman–Crippen LogP) is 2.74. The number of furan rings is 1. The first-order valence-corrected chi connectivity index (χ1v) is 4.47. The maximum atomic E-state index is 8.98. The maximum Gasteiger partial charge on any atom is 0.128 e. The van der Waals surface area contributed by atoms with Crippen molar-refractivity contribution in [3.63, 3.8) is 0 Å². The zero-order chi connectivity index (χ0) is 10.5. The molecule has 0 unspecified atom stereocenters. The molecule has 0 aliphatic carbocycles. The second-order valence-electron chi connectivity index (χ2n) is 2.90. The average Bonchev–Trinajstić information content (AvgIpc) is 2.80. The van der Waals surface area contributed by atoms with Crippen molar-refractivity contribution in [2.24, 2.45) is 0 Å². The van der Waals surface area contributed by atoms with Crippen molar-refractivity contribution in [1.82, 2.24) is 4.98 Å². The Bertz CT molecular complexity index is 492. The van der Waals surface area contributed by atoms with Gasteiger partial charge in [-0.25, -0.2) is 0 Å². The van der Waals surface area contributed by atoms with Gasteiger partial charge in [0, 0.05) is 12.3 Å². The molecule has 2 heterocycles. The first kappa shape index (κ1) is 9.22. The number of pyridine rings is 1. The van der Waals surface area contributed by atoms with Crippen molar-refractivity contribution in [2.45, 2.75) is 0 Å². The monoisotopic (exact) mass is 196 g/mol. The Hall–Kier alpha value is -2.34. The van der Waals surface area contributed by atoms with Crippen LogP contribution < -0.4 is 0 Å². The first-order valence-electron chi connectivity index (χ1n) is 4.47. The van der Waals surface area contributed by atoms with Gasteiger partial charge in [0.1, 0.15) is 11.8 Å². The lowest BCUT2D eigenvalue weighted by Crippen LogP contribution is -1.84. The lowest BCUT2D eigenvalue weighted by Gasteiger charge is -1.95. The Morgan fingerprint density at radius 2 is 2.27 bits per heavy atom. The van der Waals surface area contributed by atoms with Crippen LogP contribution in [0.2, 0.25) is 0 Å². The summed E-state index contributed by atoms with van der Waals surface area (Å²) in [5.41, 5.74) is 1.14. The Morgan fingerprint density at radius 1 is 1.33 bits per heavy atom. The van der Waals surface area contributed by atoms with Crippen LogP contribution in [0.25, 0.3) is 11.6 Å². The molecule has 0 fully saturated rings. The highest BCUT2D eigenvalue weighted by molar-refractivity contribution is 5.87. The lowest BCUT2D eigenvalue weighted by atomic mass is 10.1. The van der Waals surface area contributed by atoms with Crippen LogP contribution in [0.5, 0.6) is 0 Å². The zero-order valence-corrected chi connectivity index (χ0v) is 7.92. The number of hydrogen-bond donors (Lipinski definition) is 0. The van der Waals surface area contributed by atoms with E-state index < -0.39 is 0 Å². The second kappa shape index (κ2) is 4.25. The van der Waals surface area contributed by atoms with E-state index in [-0.39, 0.29) is 0 Å². The van der Waals surface area contributed by atoms with Gasteiger partial charge in [0.05, 0.1) is 17.5 Å². The molecule has 0 N–H and O–H groups in total. The minimum Gasteiger partial charge on any atom is -0.465 e. The quantitative estimate of drug-likeness (QED) is 0.694. The summed E-state index contributed by atoms with van der Waals surface area (Å²) in [5.74, 6) is 0.650. The van der Waals surface area contributed by atoms with E-state index in [1.807, 2.05) is 12.1 Å². The van der Waals surface area contributed by atoms with Crippen LogP contribution in [-0.4, -0.2) is 4.98 Å². The number of nitrogens with zero attached hydrogens (tertiary/aromatic N) is 2. The summed E-state index contributed by atoms with van der Waals surface area (Å²) in [5, 5.41) is 8.98. The molecule has 2 rings (SSSR count). The summed E-state index contributed by atoms with van der Waals surface area (Å²) >= 11 is 0. The maximum absolute atomic E-state index is 8.98. The van der Waals surface area contributed by atoms with Gasteiger partial charge >= 0.3 is 0 Å². The van der Waals surface area contributed by atoms with Crippen molar-refractivity contribution in [1.29, 1.82) is 5.26 Å². The third kappa shape index (κ3) is 2.12. The molecular weight excluding hydrogens is 188 g/mol. The lowest BCUT2D eigenvalue weighted by molar-refractivity contribution is 0.557. The molecule has 0 radical (unpaired) electrons. The van der Waals surface area contributed by atoms with Gasteiger partial charge in [-0.05, 0) is 24.3 Å². The number of aromatic nitrogens is 1. The van der Waals surface area contributed by atoms with Gasteiger partial charge in [0.15, 0.2) is 0 Å². The van der Waals surface area contributed by atoms with Gasteiger partial charge in [0.25, 0.3) is 0 Å². The van der Waals surface area contributed by atoms with Gasteiger partial charge in [-0.15, -0.1) is 0 Å². The molecule has 0 aliphatic heterocycles. The number of allylic oxidation sites excluding steroid dienone is 1. The van der Waals surface area contributed by atoms with Gasteiger partial charge in [-0.1, -0.05) is 6.07 Å². The number of nitriles is 1. The van der Waals surface area contributed by atoms with Crippen LogP contribution in [0.3, 0.4) is 0 Å². The van der Waals surface area contributed by atoms with E-state index in [9.17, 15) is 0 Å². The molecular formula is C12H8N2O. The molecule has 0 amide bonds. The smallest absolute Gasteiger partial charge is 0.128 e. The molecule has 0 bridgehead atoms. The Morgan fingerprint density at radius 3 is 2.87 bits per heavy atom. The van der Waals surface area contributed by atoms with E-state index in [0.717, 1.165) is 0 Å². The molecule has 15 heavy (non-hydrogen) atoms. The molecule has 0 saturated heterocycles. The summed E-state index contributed by atoms with van der Waals surface area (Å²) < 4.78 is 5.13. The summed E-state index contributed by atoms with van der Waals surface area (Å²) in [4.78, 5) is 4.10. The predicted molar refractivity (Wildman–Crippen MR) is 56.4 cm³/mol. The zero-order valence-electron chi connectivity index (χ0n) is 7.92. The van der Waals surface area contributed by atoms with Gasteiger partial charge in [-0.2, -0.15) is 5.26 Å². The van der Waals surface area contributed by atoms with Gasteiger partial charge in [0.2, 0.25) is 0 Å². The molecule has 2 aromatic heterocycles. The number of rotatable bonds is 2. The van der Waals surface area contributed by atoms with Crippen LogP contribution in [-0.2, 0) is 0 Å². The summed E-state index contributed by atoms with van der Waals surface area (Å²) in [6, 6.07) is 11.1. The van der Waals surface area contributed by atoms with E-state index in [2.05, 4.69) is 11.1 Å². The van der Waals surface area contributed by atoms with Crippen LogP contribution in [0, 0.1) is 11.3 Å². The Kier molecular flexibility index (Phi) is 2.61. The van der Waals surface area contributed by atoms with Crippen LogP contribution in [0.4, 0.5) is 0 Å². The third-order valence-corrected chi connectivity index (χ3v) is 1.89. The molecule has 3 nitrogen and oxygen atoms in total. The molecule has 0 aromatic carbocycles. The van der Waals surface area contributed by atoms with Crippen molar-refractivity contribution >= 4 is 11.6 Å². The number of hydrogen-bond acceptors (Lipinski definition) is 3. The summed E-state index contributed by atoms with van der Waals surface area (Å²) in [6.07, 6.45) is 4.89. The fourth-order valence-electron chi connectivity index (χ4n) is 1.20. The fourth-order valence-corrected chi connectivity index (χ4v) is 1.20. The second-order valence-corrected chi connectivity index (χ2v) is 2.90. The van der Waals surface area contributed by atoms with E-state index in [1.54, 1.807) is 36.7 Å². The summed E-state index contributed by atoms with van der Waals surface area (Å²) in [7, 11) is 0. The normalized spacial score (nSPS) is 11.0. The van der Waals surface area contributed by atoms with Crippen LogP contribution >= 0.6 is 0 Å². The standard InChI is InChI=1S/C12H8N2O/c13-9-10(8-11-4-3-7-15-11)12-5-1-2-6-14-12/h1-8H/b10-8+. The topological polar surface area (TPSA) is 49.8 Å². The first-order chi connectivity index (χ1) is 7.40. The van der Waals surface area contributed by atoms with Crippen LogP contribution in [0.1, 0.15) is 11.5 Å². The molecule has 0 atom stereocenters. The van der Waals surface area contributed by atoms with Crippen molar-refractivity contribution in [3.8, 4) is 6.07 Å². The Labute approximate surface area is 87.3 Å². The van der Waals surface area contributed by atoms with Crippen molar-refractivity contribution < 1.29 is 4.42 Å². The molecule has 2 aromatic rings.